The Morgan fingerprint density at radius 3 is 2.53 bits per heavy atom. The number of fused-ring (bicyclic) bond motifs is 1. The SMILES string of the molecule is CCN1CCN(c2ccc(-c3cnc(N)c(-c4ccc5c(c4)CCNC5=O)n3)cc2)CC1. The number of nitrogen functional groups attached to an aromatic ring is 1. The zero-order valence-electron chi connectivity index (χ0n) is 18.3. The average Bonchev–Trinajstić information content (AvgIpc) is 2.84. The van der Waals surface area contributed by atoms with E-state index in [2.05, 4.69) is 51.3 Å². The number of benzene rings is 2. The summed E-state index contributed by atoms with van der Waals surface area (Å²) in [4.78, 5) is 26.2. The molecule has 3 N–H and O–H groups in total. The van der Waals surface area contributed by atoms with Crippen molar-refractivity contribution in [3.05, 3.63) is 59.8 Å². The fourth-order valence-electron chi connectivity index (χ4n) is 4.49. The van der Waals surface area contributed by atoms with Crippen molar-refractivity contribution in [2.24, 2.45) is 0 Å². The number of likely N-dealkylation sites (N-methyl/N-ethyl adjacent to an activating group) is 1. The molecule has 5 rings (SSSR count). The van der Waals surface area contributed by atoms with Crippen LogP contribution in [0, 0.1) is 0 Å². The fraction of sp³-hybridized carbons (Fsp3) is 0.320. The van der Waals surface area contributed by atoms with E-state index in [0.717, 1.165) is 67.1 Å². The van der Waals surface area contributed by atoms with Crippen molar-refractivity contribution in [3.8, 4) is 22.5 Å². The van der Waals surface area contributed by atoms with Crippen molar-refractivity contribution >= 4 is 17.4 Å². The van der Waals surface area contributed by atoms with Crippen LogP contribution in [0.5, 0.6) is 0 Å². The number of anilines is 2. The molecule has 0 aliphatic carbocycles. The first-order valence-electron chi connectivity index (χ1n) is 11.2. The van der Waals surface area contributed by atoms with Crippen molar-refractivity contribution < 1.29 is 4.79 Å². The third kappa shape index (κ3) is 3.91. The Labute approximate surface area is 188 Å². The first-order valence-corrected chi connectivity index (χ1v) is 11.2. The van der Waals surface area contributed by atoms with Crippen LogP contribution in [0.3, 0.4) is 0 Å². The van der Waals surface area contributed by atoms with Gasteiger partial charge in [-0.1, -0.05) is 25.1 Å². The van der Waals surface area contributed by atoms with Gasteiger partial charge in [-0.3, -0.25) is 4.79 Å². The highest BCUT2D eigenvalue weighted by Crippen LogP contribution is 2.29. The number of carbonyl (C=O) groups is 1. The van der Waals surface area contributed by atoms with E-state index in [0.29, 0.717) is 18.1 Å². The van der Waals surface area contributed by atoms with E-state index in [1.54, 1.807) is 6.20 Å². The first-order chi connectivity index (χ1) is 15.6. The van der Waals surface area contributed by atoms with Crippen LogP contribution in [-0.2, 0) is 6.42 Å². The van der Waals surface area contributed by atoms with Crippen LogP contribution in [0.4, 0.5) is 11.5 Å². The number of carbonyl (C=O) groups excluding carboxylic acids is 1. The molecule has 7 heteroatoms. The van der Waals surface area contributed by atoms with Gasteiger partial charge in [-0.25, -0.2) is 9.97 Å². The standard InChI is InChI=1S/C25H28N6O/c1-2-30-11-13-31(14-12-30)20-6-3-17(4-7-20)22-16-28-24(26)23(29-22)19-5-8-21-18(15-19)9-10-27-25(21)32/h3-8,15-16H,2,9-14H2,1H3,(H2,26,28)(H,27,32). The number of hydrogen-bond acceptors (Lipinski definition) is 6. The largest absolute Gasteiger partial charge is 0.382 e. The zero-order valence-corrected chi connectivity index (χ0v) is 18.3. The van der Waals surface area contributed by atoms with Crippen LogP contribution in [0.1, 0.15) is 22.8 Å². The van der Waals surface area contributed by atoms with Crippen LogP contribution < -0.4 is 16.0 Å². The van der Waals surface area contributed by atoms with Crippen LogP contribution in [0.25, 0.3) is 22.5 Å². The maximum Gasteiger partial charge on any atom is 0.251 e. The molecule has 7 nitrogen and oxygen atoms in total. The lowest BCUT2D eigenvalue weighted by Crippen LogP contribution is -2.46. The second-order valence-corrected chi connectivity index (χ2v) is 8.34. The zero-order chi connectivity index (χ0) is 22.1. The molecule has 0 bridgehead atoms. The molecule has 0 atom stereocenters. The maximum absolute atomic E-state index is 12.0. The fourth-order valence-corrected chi connectivity index (χ4v) is 4.49. The van der Waals surface area contributed by atoms with E-state index in [1.807, 2.05) is 18.2 Å². The van der Waals surface area contributed by atoms with Gasteiger partial charge < -0.3 is 20.9 Å². The summed E-state index contributed by atoms with van der Waals surface area (Å²) in [6.45, 7) is 8.29. The molecule has 1 amide bonds. The molecule has 0 spiro atoms. The van der Waals surface area contributed by atoms with E-state index >= 15 is 0 Å². The number of aromatic nitrogens is 2. The van der Waals surface area contributed by atoms with E-state index < -0.39 is 0 Å². The molecule has 3 aromatic rings. The van der Waals surface area contributed by atoms with E-state index in [-0.39, 0.29) is 5.91 Å². The van der Waals surface area contributed by atoms with Gasteiger partial charge in [-0.05, 0) is 42.8 Å². The molecular weight excluding hydrogens is 400 g/mol. The number of hydrogen-bond donors (Lipinski definition) is 2. The number of amides is 1. The Kier molecular flexibility index (Phi) is 5.49. The van der Waals surface area contributed by atoms with Crippen molar-refractivity contribution in [3.63, 3.8) is 0 Å². The van der Waals surface area contributed by atoms with Crippen molar-refractivity contribution in [1.82, 2.24) is 20.2 Å². The summed E-state index contributed by atoms with van der Waals surface area (Å²) in [5.41, 5.74) is 12.5. The number of piperazine rings is 1. The maximum atomic E-state index is 12.0. The number of nitrogens with two attached hydrogens (primary N) is 1. The van der Waals surface area contributed by atoms with Crippen molar-refractivity contribution in [1.29, 1.82) is 0 Å². The summed E-state index contributed by atoms with van der Waals surface area (Å²) in [5, 5.41) is 2.88. The van der Waals surface area contributed by atoms with Crippen molar-refractivity contribution in [2.45, 2.75) is 13.3 Å². The second-order valence-electron chi connectivity index (χ2n) is 8.34. The van der Waals surface area contributed by atoms with Gasteiger partial charge in [0.25, 0.3) is 5.91 Å². The molecule has 1 aromatic heterocycles. The summed E-state index contributed by atoms with van der Waals surface area (Å²) < 4.78 is 0. The molecular formula is C25H28N6O. The molecule has 0 unspecified atom stereocenters. The van der Waals surface area contributed by atoms with Gasteiger partial charge in [-0.15, -0.1) is 0 Å². The Morgan fingerprint density at radius 1 is 1.03 bits per heavy atom. The van der Waals surface area contributed by atoms with Crippen LogP contribution in [0.15, 0.2) is 48.7 Å². The number of nitrogens with one attached hydrogen (secondary N) is 1. The van der Waals surface area contributed by atoms with Gasteiger partial charge in [0.2, 0.25) is 0 Å². The lowest BCUT2D eigenvalue weighted by molar-refractivity contribution is 0.0946. The normalized spacial score (nSPS) is 16.5. The molecule has 0 radical (unpaired) electrons. The molecule has 2 aliphatic heterocycles. The molecule has 2 aromatic carbocycles. The van der Waals surface area contributed by atoms with Gasteiger partial charge in [0.15, 0.2) is 0 Å². The minimum atomic E-state index is -0.0261. The van der Waals surface area contributed by atoms with Gasteiger partial charge >= 0.3 is 0 Å². The quantitative estimate of drug-likeness (QED) is 0.665. The van der Waals surface area contributed by atoms with E-state index in [1.165, 1.54) is 5.69 Å². The number of nitrogens with zero attached hydrogens (tertiary/aromatic N) is 4. The summed E-state index contributed by atoms with van der Waals surface area (Å²) in [6, 6.07) is 14.3. The van der Waals surface area contributed by atoms with E-state index in [4.69, 9.17) is 10.7 Å². The average molecular weight is 429 g/mol. The Bertz CT molecular complexity index is 1140. The molecule has 0 saturated carbocycles. The van der Waals surface area contributed by atoms with Crippen molar-refractivity contribution in [2.75, 3.05) is 49.9 Å². The third-order valence-electron chi connectivity index (χ3n) is 6.45. The number of rotatable bonds is 4. The highest BCUT2D eigenvalue weighted by Gasteiger charge is 2.19. The third-order valence-corrected chi connectivity index (χ3v) is 6.45. The summed E-state index contributed by atoms with van der Waals surface area (Å²) in [5.74, 6) is 0.362. The minimum Gasteiger partial charge on any atom is -0.382 e. The summed E-state index contributed by atoms with van der Waals surface area (Å²) in [7, 11) is 0. The van der Waals surface area contributed by atoms with Gasteiger partial charge in [0, 0.05) is 55.1 Å². The van der Waals surface area contributed by atoms with Crippen LogP contribution in [-0.4, -0.2) is 60.0 Å². The second kappa shape index (κ2) is 8.59. The topological polar surface area (TPSA) is 87.4 Å². The van der Waals surface area contributed by atoms with Crippen LogP contribution >= 0.6 is 0 Å². The molecule has 2 aliphatic rings. The predicted molar refractivity (Wildman–Crippen MR) is 128 cm³/mol. The highest BCUT2D eigenvalue weighted by atomic mass is 16.1. The summed E-state index contributed by atoms with van der Waals surface area (Å²) >= 11 is 0. The van der Waals surface area contributed by atoms with Gasteiger partial charge in [-0.2, -0.15) is 0 Å². The monoisotopic (exact) mass is 428 g/mol. The van der Waals surface area contributed by atoms with Gasteiger partial charge in [0.1, 0.15) is 11.5 Å². The molecule has 1 saturated heterocycles. The molecule has 32 heavy (non-hydrogen) atoms. The van der Waals surface area contributed by atoms with Crippen LogP contribution in [0.2, 0.25) is 0 Å². The molecule has 1 fully saturated rings. The molecule has 3 heterocycles. The van der Waals surface area contributed by atoms with Gasteiger partial charge in [0.05, 0.1) is 11.9 Å². The smallest absolute Gasteiger partial charge is 0.251 e. The summed E-state index contributed by atoms with van der Waals surface area (Å²) in [6.07, 6.45) is 2.52. The first kappa shape index (κ1) is 20.5. The van der Waals surface area contributed by atoms with E-state index in [9.17, 15) is 4.79 Å². The molecule has 164 valence electrons. The Hall–Kier alpha value is -3.45. The highest BCUT2D eigenvalue weighted by molar-refractivity contribution is 5.97. The lowest BCUT2D eigenvalue weighted by atomic mass is 9.96. The Balaban J connectivity index is 1.40. The lowest BCUT2D eigenvalue weighted by Gasteiger charge is -2.35. The predicted octanol–water partition coefficient (Wildman–Crippen LogP) is 2.82. The Morgan fingerprint density at radius 2 is 1.78 bits per heavy atom. The minimum absolute atomic E-state index is 0.0261.